The fourth-order valence-electron chi connectivity index (χ4n) is 5.08. The molecule has 1 aromatic carbocycles. The first-order valence-corrected chi connectivity index (χ1v) is 12.6. The molecular formula is C28H33FN4O3. The third-order valence-electron chi connectivity index (χ3n) is 7.18. The summed E-state index contributed by atoms with van der Waals surface area (Å²) >= 11 is 0. The Morgan fingerprint density at radius 1 is 1.17 bits per heavy atom. The van der Waals surface area contributed by atoms with Crippen LogP contribution in [0.4, 0.5) is 9.18 Å². The van der Waals surface area contributed by atoms with Crippen LogP contribution < -0.4 is 5.32 Å². The van der Waals surface area contributed by atoms with E-state index in [-0.39, 0.29) is 36.1 Å². The Morgan fingerprint density at radius 3 is 2.56 bits per heavy atom. The molecule has 0 aliphatic carbocycles. The second-order valence-electron chi connectivity index (χ2n) is 10.0. The predicted octanol–water partition coefficient (Wildman–Crippen LogP) is 4.40. The minimum atomic E-state index is -0.978. The summed E-state index contributed by atoms with van der Waals surface area (Å²) in [5.41, 5.74) is 0.0391. The van der Waals surface area contributed by atoms with Gasteiger partial charge in [-0.2, -0.15) is 0 Å². The number of nitrogens with one attached hydrogen (secondary N) is 1. The summed E-state index contributed by atoms with van der Waals surface area (Å²) in [5.74, 6) is -0.477. The molecular weight excluding hydrogens is 459 g/mol. The predicted molar refractivity (Wildman–Crippen MR) is 135 cm³/mol. The Hall–Kier alpha value is -3.55. The van der Waals surface area contributed by atoms with Crippen LogP contribution in [0, 0.1) is 17.7 Å². The second kappa shape index (κ2) is 11.0. The van der Waals surface area contributed by atoms with Gasteiger partial charge in [0.05, 0.1) is 12.2 Å². The first-order chi connectivity index (χ1) is 17.3. The second-order valence-corrected chi connectivity index (χ2v) is 10.0. The van der Waals surface area contributed by atoms with Gasteiger partial charge in [-0.25, -0.2) is 9.18 Å². The van der Waals surface area contributed by atoms with Crippen molar-refractivity contribution in [3.63, 3.8) is 0 Å². The Labute approximate surface area is 211 Å². The SMILES string of the molecule is CC(C)CCC1(C2CCN(C(=O)C=Cc3ccccc3F)CC2)NC(=O)N(Cc2ccccn2)C1=O. The number of aromatic nitrogens is 1. The summed E-state index contributed by atoms with van der Waals surface area (Å²) in [7, 11) is 0. The molecule has 0 saturated carbocycles. The maximum absolute atomic E-state index is 13.9. The normalized spacial score (nSPS) is 21.0. The molecule has 1 unspecified atom stereocenters. The number of likely N-dealkylation sites (tertiary alicyclic amines) is 1. The van der Waals surface area contributed by atoms with E-state index in [2.05, 4.69) is 24.1 Å². The van der Waals surface area contributed by atoms with Gasteiger partial charge in [0.1, 0.15) is 11.4 Å². The van der Waals surface area contributed by atoms with Crippen molar-refractivity contribution in [1.29, 1.82) is 0 Å². The number of nitrogens with zero attached hydrogens (tertiary/aromatic N) is 3. The van der Waals surface area contributed by atoms with Gasteiger partial charge in [-0.15, -0.1) is 0 Å². The summed E-state index contributed by atoms with van der Waals surface area (Å²) in [4.78, 5) is 46.7. The standard InChI is InChI=1S/C28H33FN4O3/c1-20(2)12-15-28(26(35)33(27(36)31-28)19-23-8-5-6-16-30-23)22-13-17-32(18-14-22)25(34)11-10-21-7-3-4-9-24(21)29/h3-11,16,20,22H,12-15,17-19H2,1-2H3,(H,31,36). The highest BCUT2D eigenvalue weighted by Crippen LogP contribution is 2.38. The molecule has 1 atom stereocenters. The zero-order valence-electron chi connectivity index (χ0n) is 20.8. The topological polar surface area (TPSA) is 82.6 Å². The molecule has 2 saturated heterocycles. The first-order valence-electron chi connectivity index (χ1n) is 12.6. The lowest BCUT2D eigenvalue weighted by molar-refractivity contribution is -0.135. The fourth-order valence-corrected chi connectivity index (χ4v) is 5.08. The van der Waals surface area contributed by atoms with E-state index in [1.807, 2.05) is 6.07 Å². The monoisotopic (exact) mass is 492 g/mol. The number of carbonyl (C=O) groups excluding carboxylic acids is 3. The van der Waals surface area contributed by atoms with Crippen LogP contribution in [-0.4, -0.2) is 51.3 Å². The molecule has 2 aliphatic rings. The van der Waals surface area contributed by atoms with Crippen molar-refractivity contribution in [2.75, 3.05) is 13.1 Å². The van der Waals surface area contributed by atoms with Gasteiger partial charge in [0.2, 0.25) is 5.91 Å². The summed E-state index contributed by atoms with van der Waals surface area (Å²) < 4.78 is 13.9. The lowest BCUT2D eigenvalue weighted by Gasteiger charge is -2.41. The zero-order chi connectivity index (χ0) is 25.7. The van der Waals surface area contributed by atoms with Gasteiger partial charge in [-0.3, -0.25) is 19.5 Å². The van der Waals surface area contributed by atoms with Gasteiger partial charge in [0.15, 0.2) is 0 Å². The van der Waals surface area contributed by atoms with Gasteiger partial charge in [-0.05, 0) is 61.8 Å². The van der Waals surface area contributed by atoms with Crippen LogP contribution in [0.3, 0.4) is 0 Å². The van der Waals surface area contributed by atoms with E-state index < -0.39 is 5.54 Å². The van der Waals surface area contributed by atoms with Crippen LogP contribution in [0.1, 0.15) is 50.8 Å². The van der Waals surface area contributed by atoms with Crippen molar-refractivity contribution in [2.24, 2.45) is 11.8 Å². The highest BCUT2D eigenvalue weighted by atomic mass is 19.1. The minimum absolute atomic E-state index is 0.0824. The van der Waals surface area contributed by atoms with Gasteiger partial charge in [-0.1, -0.05) is 38.1 Å². The van der Waals surface area contributed by atoms with Gasteiger partial charge in [0.25, 0.3) is 5.91 Å². The Bertz CT molecular complexity index is 1130. The van der Waals surface area contributed by atoms with Gasteiger partial charge < -0.3 is 10.2 Å². The number of piperidine rings is 1. The highest BCUT2D eigenvalue weighted by Gasteiger charge is 2.55. The number of amides is 4. The molecule has 8 heteroatoms. The summed E-state index contributed by atoms with van der Waals surface area (Å²) in [6, 6.07) is 11.3. The van der Waals surface area contributed by atoms with Crippen LogP contribution in [0.25, 0.3) is 6.08 Å². The van der Waals surface area contributed by atoms with Crippen molar-refractivity contribution in [3.05, 3.63) is 71.8 Å². The van der Waals surface area contributed by atoms with E-state index in [0.717, 1.165) is 6.42 Å². The lowest BCUT2D eigenvalue weighted by atomic mass is 9.74. The highest BCUT2D eigenvalue weighted by molar-refractivity contribution is 6.07. The van der Waals surface area contributed by atoms with Crippen LogP contribution in [0.2, 0.25) is 0 Å². The maximum Gasteiger partial charge on any atom is 0.325 e. The molecule has 2 fully saturated rings. The minimum Gasteiger partial charge on any atom is -0.339 e. The van der Waals surface area contributed by atoms with Crippen LogP contribution >= 0.6 is 0 Å². The van der Waals surface area contributed by atoms with Crippen LogP contribution in [0.5, 0.6) is 0 Å². The molecule has 2 aliphatic heterocycles. The Kier molecular flexibility index (Phi) is 7.82. The zero-order valence-corrected chi connectivity index (χ0v) is 20.8. The number of benzene rings is 1. The molecule has 2 aromatic rings. The average Bonchev–Trinajstić information content (AvgIpc) is 3.12. The molecule has 0 bridgehead atoms. The molecule has 1 aromatic heterocycles. The molecule has 7 nitrogen and oxygen atoms in total. The van der Waals surface area contributed by atoms with Crippen molar-refractivity contribution in [3.8, 4) is 0 Å². The van der Waals surface area contributed by atoms with Crippen molar-refractivity contribution in [2.45, 2.75) is 51.6 Å². The van der Waals surface area contributed by atoms with Crippen molar-refractivity contribution in [1.82, 2.24) is 20.1 Å². The van der Waals surface area contributed by atoms with E-state index >= 15 is 0 Å². The molecule has 190 valence electrons. The number of hydrogen-bond donors (Lipinski definition) is 1. The van der Waals surface area contributed by atoms with Crippen LogP contribution in [0.15, 0.2) is 54.7 Å². The van der Waals surface area contributed by atoms with E-state index in [1.54, 1.807) is 41.4 Å². The molecule has 36 heavy (non-hydrogen) atoms. The van der Waals surface area contributed by atoms with E-state index in [1.165, 1.54) is 23.1 Å². The third-order valence-corrected chi connectivity index (χ3v) is 7.18. The van der Waals surface area contributed by atoms with E-state index in [9.17, 15) is 18.8 Å². The number of carbonyl (C=O) groups is 3. The van der Waals surface area contributed by atoms with Crippen molar-refractivity contribution >= 4 is 23.9 Å². The largest absolute Gasteiger partial charge is 0.339 e. The number of urea groups is 1. The van der Waals surface area contributed by atoms with E-state index in [0.29, 0.717) is 49.5 Å². The summed E-state index contributed by atoms with van der Waals surface area (Å²) in [5, 5.41) is 3.06. The fraction of sp³-hybridized carbons (Fsp3) is 0.429. The molecule has 1 N–H and O–H groups in total. The average molecular weight is 493 g/mol. The van der Waals surface area contributed by atoms with Crippen molar-refractivity contribution < 1.29 is 18.8 Å². The molecule has 4 rings (SSSR count). The molecule has 0 radical (unpaired) electrons. The Morgan fingerprint density at radius 2 is 1.89 bits per heavy atom. The first kappa shape index (κ1) is 25.5. The number of imide groups is 1. The Balaban J connectivity index is 1.46. The lowest BCUT2D eigenvalue weighted by Crippen LogP contribution is -2.56. The molecule has 4 amide bonds. The smallest absolute Gasteiger partial charge is 0.325 e. The van der Waals surface area contributed by atoms with Gasteiger partial charge >= 0.3 is 6.03 Å². The maximum atomic E-state index is 13.9. The summed E-state index contributed by atoms with van der Waals surface area (Å²) in [6.07, 6.45) is 7.08. The van der Waals surface area contributed by atoms with Gasteiger partial charge in [0, 0.05) is 30.9 Å². The number of halogens is 1. The number of rotatable bonds is 8. The van der Waals surface area contributed by atoms with Crippen LogP contribution in [-0.2, 0) is 16.1 Å². The number of hydrogen-bond acceptors (Lipinski definition) is 4. The van der Waals surface area contributed by atoms with E-state index in [4.69, 9.17) is 0 Å². The number of pyridine rings is 1. The molecule has 3 heterocycles. The third kappa shape index (κ3) is 5.48. The molecule has 0 spiro atoms. The quantitative estimate of drug-likeness (QED) is 0.437. The summed E-state index contributed by atoms with van der Waals surface area (Å²) in [6.45, 7) is 5.27.